The second kappa shape index (κ2) is 6.29. The summed E-state index contributed by atoms with van der Waals surface area (Å²) in [6.07, 6.45) is 6.43. The van der Waals surface area contributed by atoms with E-state index in [1.54, 1.807) is 0 Å². The largest absolute Gasteiger partial charge is 0.395 e. The highest BCUT2D eigenvalue weighted by atomic mass is 16.2. The maximum atomic E-state index is 12.6. The van der Waals surface area contributed by atoms with Gasteiger partial charge in [-0.3, -0.25) is 9.89 Å². The molecule has 1 aromatic rings. The lowest BCUT2D eigenvalue weighted by atomic mass is 9.86. The highest BCUT2D eigenvalue weighted by molar-refractivity contribution is 5.97. The molecule has 1 amide bonds. The second-order valence-corrected chi connectivity index (χ2v) is 6.06. The first kappa shape index (κ1) is 14.9. The Bertz CT molecular complexity index is 468. The van der Waals surface area contributed by atoms with Crippen LogP contribution in [0.4, 0.5) is 5.69 Å². The minimum atomic E-state index is -0.0554. The van der Waals surface area contributed by atoms with E-state index in [1.165, 1.54) is 12.8 Å². The fourth-order valence-corrected chi connectivity index (χ4v) is 3.08. The number of aromatic nitrogens is 2. The lowest BCUT2D eigenvalue weighted by molar-refractivity contribution is 0.0667. The number of hydrogen-bond donors (Lipinski definition) is 2. The number of aromatic amines is 1. The Balaban J connectivity index is 2.10. The van der Waals surface area contributed by atoms with Crippen LogP contribution in [0.5, 0.6) is 0 Å². The van der Waals surface area contributed by atoms with E-state index >= 15 is 0 Å². The lowest BCUT2D eigenvalue weighted by Gasteiger charge is -2.33. The molecule has 0 saturated heterocycles. The normalized spacial score (nSPS) is 22.8. The maximum Gasteiger partial charge on any atom is 0.276 e. The van der Waals surface area contributed by atoms with Gasteiger partial charge in [-0.05, 0) is 25.2 Å². The lowest BCUT2D eigenvalue weighted by Crippen LogP contribution is -2.40. The third-order valence-electron chi connectivity index (χ3n) is 4.36. The van der Waals surface area contributed by atoms with Gasteiger partial charge in [-0.25, -0.2) is 0 Å². The molecule has 2 unspecified atom stereocenters. The van der Waals surface area contributed by atoms with E-state index in [-0.39, 0.29) is 5.91 Å². The zero-order valence-electron chi connectivity index (χ0n) is 12.8. The summed E-state index contributed by atoms with van der Waals surface area (Å²) in [7, 11) is 1.87. The molecule has 1 aromatic heterocycles. The van der Waals surface area contributed by atoms with Gasteiger partial charge in [0.05, 0.1) is 11.4 Å². The van der Waals surface area contributed by atoms with Gasteiger partial charge < -0.3 is 10.6 Å². The molecule has 0 bridgehead atoms. The van der Waals surface area contributed by atoms with Gasteiger partial charge in [0.1, 0.15) is 0 Å². The van der Waals surface area contributed by atoms with Gasteiger partial charge in [-0.15, -0.1) is 0 Å². The number of amides is 1. The molecule has 0 radical (unpaired) electrons. The quantitative estimate of drug-likeness (QED) is 0.889. The molecule has 3 N–H and O–H groups in total. The molecular weight excluding hydrogens is 252 g/mol. The molecule has 1 heterocycles. The highest BCUT2D eigenvalue weighted by Gasteiger charge is 2.28. The van der Waals surface area contributed by atoms with Gasteiger partial charge in [-0.2, -0.15) is 5.10 Å². The van der Waals surface area contributed by atoms with Gasteiger partial charge in [-0.1, -0.05) is 33.1 Å². The predicted molar refractivity (Wildman–Crippen MR) is 80.5 cm³/mol. The average Bonchev–Trinajstić information content (AvgIpc) is 2.79. The van der Waals surface area contributed by atoms with E-state index in [9.17, 15) is 4.79 Å². The number of carbonyl (C=O) groups is 1. The number of rotatable bonds is 4. The standard InChI is InChI=1S/C15H26N4O/c1-4-6-12-13(16)14(18-17-12)15(20)19(3)11-8-5-7-10(2)9-11/h10-11H,4-9,16H2,1-3H3,(H,17,18). The Morgan fingerprint density at radius 3 is 2.90 bits per heavy atom. The Hall–Kier alpha value is -1.52. The molecule has 20 heavy (non-hydrogen) atoms. The topological polar surface area (TPSA) is 75.0 Å². The van der Waals surface area contributed by atoms with Gasteiger partial charge in [0.2, 0.25) is 0 Å². The summed E-state index contributed by atoms with van der Waals surface area (Å²) in [6.45, 7) is 4.34. The molecule has 112 valence electrons. The van der Waals surface area contributed by atoms with Gasteiger partial charge >= 0.3 is 0 Å². The molecule has 0 aromatic carbocycles. The summed E-state index contributed by atoms with van der Waals surface area (Å²) in [5.41, 5.74) is 7.82. The first-order valence-electron chi connectivity index (χ1n) is 7.64. The number of nitrogens with two attached hydrogens (primary N) is 1. The third kappa shape index (κ3) is 2.97. The first-order valence-corrected chi connectivity index (χ1v) is 7.64. The van der Waals surface area contributed by atoms with Gasteiger partial charge in [0.15, 0.2) is 5.69 Å². The number of anilines is 1. The Labute approximate surface area is 120 Å². The predicted octanol–water partition coefficient (Wildman–Crippen LogP) is 2.60. The zero-order chi connectivity index (χ0) is 14.7. The Kier molecular flexibility index (Phi) is 4.68. The van der Waals surface area contributed by atoms with Crippen molar-refractivity contribution in [3.8, 4) is 0 Å². The van der Waals surface area contributed by atoms with Crippen molar-refractivity contribution in [3.63, 3.8) is 0 Å². The first-order chi connectivity index (χ1) is 9.54. The van der Waals surface area contributed by atoms with Crippen LogP contribution in [0.15, 0.2) is 0 Å². The maximum absolute atomic E-state index is 12.6. The minimum absolute atomic E-state index is 0.0554. The van der Waals surface area contributed by atoms with Crippen molar-refractivity contribution in [2.75, 3.05) is 12.8 Å². The van der Waals surface area contributed by atoms with E-state index in [0.717, 1.165) is 31.4 Å². The molecule has 0 aliphatic heterocycles. The van der Waals surface area contributed by atoms with Crippen molar-refractivity contribution in [1.82, 2.24) is 15.1 Å². The summed E-state index contributed by atoms with van der Waals surface area (Å²) in [5.74, 6) is 0.636. The summed E-state index contributed by atoms with van der Waals surface area (Å²) in [6, 6.07) is 0.317. The summed E-state index contributed by atoms with van der Waals surface area (Å²) >= 11 is 0. The van der Waals surface area contributed by atoms with Crippen LogP contribution in [0.1, 0.15) is 62.1 Å². The Morgan fingerprint density at radius 2 is 2.25 bits per heavy atom. The molecule has 1 fully saturated rings. The van der Waals surface area contributed by atoms with Crippen molar-refractivity contribution in [2.45, 2.75) is 58.4 Å². The van der Waals surface area contributed by atoms with Crippen molar-refractivity contribution in [3.05, 3.63) is 11.4 Å². The molecule has 2 atom stereocenters. The monoisotopic (exact) mass is 278 g/mol. The highest BCUT2D eigenvalue weighted by Crippen LogP contribution is 2.28. The van der Waals surface area contributed by atoms with E-state index in [0.29, 0.717) is 23.3 Å². The summed E-state index contributed by atoms with van der Waals surface area (Å²) in [4.78, 5) is 14.4. The molecule has 1 saturated carbocycles. The summed E-state index contributed by atoms with van der Waals surface area (Å²) < 4.78 is 0. The van der Waals surface area contributed by atoms with E-state index < -0.39 is 0 Å². The number of H-pyrrole nitrogens is 1. The third-order valence-corrected chi connectivity index (χ3v) is 4.36. The molecule has 2 rings (SSSR count). The van der Waals surface area contributed by atoms with Gasteiger partial charge in [0.25, 0.3) is 5.91 Å². The fraction of sp³-hybridized carbons (Fsp3) is 0.733. The number of carbonyl (C=O) groups excluding carboxylic acids is 1. The number of nitrogens with one attached hydrogen (secondary N) is 1. The van der Waals surface area contributed by atoms with E-state index in [4.69, 9.17) is 5.73 Å². The van der Waals surface area contributed by atoms with Crippen molar-refractivity contribution in [2.24, 2.45) is 5.92 Å². The minimum Gasteiger partial charge on any atom is -0.395 e. The van der Waals surface area contributed by atoms with Crippen LogP contribution < -0.4 is 5.73 Å². The van der Waals surface area contributed by atoms with E-state index in [1.807, 2.05) is 11.9 Å². The molecule has 1 aliphatic rings. The van der Waals surface area contributed by atoms with Crippen LogP contribution in [0.3, 0.4) is 0 Å². The number of nitrogen functional groups attached to an aromatic ring is 1. The molecule has 5 heteroatoms. The van der Waals surface area contributed by atoms with Gasteiger partial charge in [0, 0.05) is 13.1 Å². The smallest absolute Gasteiger partial charge is 0.276 e. The van der Waals surface area contributed by atoms with Crippen LogP contribution in [0, 0.1) is 5.92 Å². The summed E-state index contributed by atoms with van der Waals surface area (Å²) in [5, 5.41) is 7.03. The van der Waals surface area contributed by atoms with Crippen LogP contribution in [-0.2, 0) is 6.42 Å². The van der Waals surface area contributed by atoms with Crippen LogP contribution in [0.25, 0.3) is 0 Å². The SMILES string of the molecule is CCCc1[nH]nc(C(=O)N(C)C2CCCC(C)C2)c1N. The Morgan fingerprint density at radius 1 is 1.50 bits per heavy atom. The van der Waals surface area contributed by atoms with Crippen LogP contribution in [0.2, 0.25) is 0 Å². The van der Waals surface area contributed by atoms with Crippen molar-refractivity contribution < 1.29 is 4.79 Å². The van der Waals surface area contributed by atoms with E-state index in [2.05, 4.69) is 24.0 Å². The molecular formula is C15H26N4O. The van der Waals surface area contributed by atoms with Crippen molar-refractivity contribution in [1.29, 1.82) is 0 Å². The molecule has 0 spiro atoms. The fourth-order valence-electron chi connectivity index (χ4n) is 3.08. The number of aryl methyl sites for hydroxylation is 1. The average molecular weight is 278 g/mol. The van der Waals surface area contributed by atoms with Crippen LogP contribution in [-0.4, -0.2) is 34.1 Å². The molecule has 5 nitrogen and oxygen atoms in total. The second-order valence-electron chi connectivity index (χ2n) is 6.06. The zero-order valence-corrected chi connectivity index (χ0v) is 12.8. The number of hydrogen-bond acceptors (Lipinski definition) is 3. The molecule has 1 aliphatic carbocycles. The van der Waals surface area contributed by atoms with Crippen LogP contribution >= 0.6 is 0 Å². The number of nitrogens with zero attached hydrogens (tertiary/aromatic N) is 2. The van der Waals surface area contributed by atoms with Crippen molar-refractivity contribution >= 4 is 11.6 Å².